The van der Waals surface area contributed by atoms with E-state index in [4.69, 9.17) is 0 Å². The van der Waals surface area contributed by atoms with Gasteiger partial charge < -0.3 is 5.32 Å². The predicted octanol–water partition coefficient (Wildman–Crippen LogP) is 4.66. The Labute approximate surface area is 118 Å². The number of hydrogen-bond donors (Lipinski definition) is 1. The normalized spacial score (nSPS) is 10.3. The van der Waals surface area contributed by atoms with Crippen LogP contribution in [-0.2, 0) is 0 Å². The lowest BCUT2D eigenvalue weighted by molar-refractivity contribution is 0.103. The van der Waals surface area contributed by atoms with Crippen LogP contribution >= 0.6 is 43.2 Å². The van der Waals surface area contributed by atoms with E-state index in [1.54, 1.807) is 18.2 Å². The molecule has 0 aliphatic carbocycles. The van der Waals surface area contributed by atoms with Crippen molar-refractivity contribution in [2.24, 2.45) is 0 Å². The van der Waals surface area contributed by atoms with Gasteiger partial charge in [0, 0.05) is 4.47 Å². The zero-order valence-corrected chi connectivity index (χ0v) is 12.3. The van der Waals surface area contributed by atoms with Gasteiger partial charge >= 0.3 is 0 Å². The van der Waals surface area contributed by atoms with E-state index in [-0.39, 0.29) is 5.91 Å². The molecule has 88 valence electrons. The molecule has 1 N–H and O–H groups in total. The minimum atomic E-state index is -0.393. The molecule has 0 unspecified atom stereocenters. The highest BCUT2D eigenvalue weighted by Gasteiger charge is 2.11. The van der Waals surface area contributed by atoms with E-state index in [0.29, 0.717) is 15.0 Å². The average molecular weight is 379 g/mol. The monoisotopic (exact) mass is 377 g/mol. The van der Waals surface area contributed by atoms with Gasteiger partial charge in [0.05, 0.1) is 14.4 Å². The van der Waals surface area contributed by atoms with Crippen LogP contribution in [0.4, 0.5) is 10.1 Å². The van der Waals surface area contributed by atoms with Crippen molar-refractivity contribution >= 4 is 54.8 Å². The lowest BCUT2D eigenvalue weighted by Crippen LogP contribution is -2.10. The van der Waals surface area contributed by atoms with Gasteiger partial charge in [-0.25, -0.2) is 4.39 Å². The fourth-order valence-electron chi connectivity index (χ4n) is 1.21. The number of amides is 1. The number of thiophene rings is 1. The second-order valence-electron chi connectivity index (χ2n) is 3.18. The molecule has 1 aromatic carbocycles. The van der Waals surface area contributed by atoms with Crippen molar-refractivity contribution in [3.8, 4) is 0 Å². The molecular weight excluding hydrogens is 373 g/mol. The molecule has 0 fully saturated rings. The number of nitrogens with one attached hydrogen (secondary N) is 1. The Hall–Kier alpha value is -0.720. The maximum atomic E-state index is 13.0. The van der Waals surface area contributed by atoms with Crippen LogP contribution in [-0.4, -0.2) is 5.91 Å². The molecule has 2 nitrogen and oxygen atoms in total. The molecule has 1 heterocycles. The molecule has 1 aromatic heterocycles. The highest BCUT2D eigenvalue weighted by Crippen LogP contribution is 2.26. The topological polar surface area (TPSA) is 29.1 Å². The summed E-state index contributed by atoms with van der Waals surface area (Å²) in [7, 11) is 0. The maximum Gasteiger partial charge on any atom is 0.265 e. The van der Waals surface area contributed by atoms with Crippen LogP contribution in [0.5, 0.6) is 0 Å². The minimum absolute atomic E-state index is 0.257. The Balaban J connectivity index is 2.21. The highest BCUT2D eigenvalue weighted by atomic mass is 79.9. The predicted molar refractivity (Wildman–Crippen MR) is 74.1 cm³/mol. The zero-order chi connectivity index (χ0) is 12.4. The molecule has 0 bridgehead atoms. The summed E-state index contributed by atoms with van der Waals surface area (Å²) in [5.41, 5.74) is 0.416. The van der Waals surface area contributed by atoms with Crippen molar-refractivity contribution in [2.45, 2.75) is 0 Å². The third-order valence-electron chi connectivity index (χ3n) is 1.97. The van der Waals surface area contributed by atoms with Crippen LogP contribution in [0.2, 0.25) is 0 Å². The summed E-state index contributed by atoms with van der Waals surface area (Å²) in [5.74, 6) is -0.650. The fourth-order valence-corrected chi connectivity index (χ4v) is 2.84. The van der Waals surface area contributed by atoms with E-state index >= 15 is 0 Å². The summed E-state index contributed by atoms with van der Waals surface area (Å²) >= 11 is 7.85. The molecule has 0 atom stereocenters. The van der Waals surface area contributed by atoms with Gasteiger partial charge in [-0.15, -0.1) is 11.3 Å². The first-order valence-corrected chi connectivity index (χ1v) is 6.98. The van der Waals surface area contributed by atoms with Gasteiger partial charge in [-0.1, -0.05) is 0 Å². The van der Waals surface area contributed by atoms with Crippen LogP contribution in [0.3, 0.4) is 0 Å². The SMILES string of the molecule is O=C(Nc1cc(F)ccc1Br)c1ccc(Br)s1. The van der Waals surface area contributed by atoms with Crippen molar-refractivity contribution in [1.82, 2.24) is 0 Å². The van der Waals surface area contributed by atoms with Crippen molar-refractivity contribution < 1.29 is 9.18 Å². The second kappa shape index (κ2) is 5.29. The van der Waals surface area contributed by atoms with E-state index in [0.717, 1.165) is 3.79 Å². The molecule has 1 amide bonds. The zero-order valence-electron chi connectivity index (χ0n) is 8.34. The smallest absolute Gasteiger partial charge is 0.265 e. The van der Waals surface area contributed by atoms with Crippen LogP contribution in [0, 0.1) is 5.82 Å². The molecule has 0 radical (unpaired) electrons. The third kappa shape index (κ3) is 3.14. The lowest BCUT2D eigenvalue weighted by atomic mass is 10.3. The van der Waals surface area contributed by atoms with E-state index in [1.807, 2.05) is 0 Å². The number of benzene rings is 1. The molecular formula is C11H6Br2FNOS. The van der Waals surface area contributed by atoms with Gasteiger partial charge in [-0.05, 0) is 62.2 Å². The molecule has 0 saturated carbocycles. The maximum absolute atomic E-state index is 13.0. The molecule has 0 saturated heterocycles. The Morgan fingerprint density at radius 3 is 2.65 bits per heavy atom. The molecule has 2 aromatic rings. The number of rotatable bonds is 2. The first-order valence-electron chi connectivity index (χ1n) is 4.58. The van der Waals surface area contributed by atoms with Crippen molar-refractivity contribution in [2.75, 3.05) is 5.32 Å². The second-order valence-corrected chi connectivity index (χ2v) is 6.50. The first kappa shape index (κ1) is 12.7. The van der Waals surface area contributed by atoms with Crippen LogP contribution in [0.1, 0.15) is 9.67 Å². The summed E-state index contributed by atoms with van der Waals surface area (Å²) < 4.78 is 14.5. The first-order chi connectivity index (χ1) is 8.06. The Morgan fingerprint density at radius 2 is 2.00 bits per heavy atom. The van der Waals surface area contributed by atoms with Gasteiger partial charge in [0.15, 0.2) is 0 Å². The van der Waals surface area contributed by atoms with Crippen LogP contribution < -0.4 is 5.32 Å². The van der Waals surface area contributed by atoms with E-state index in [1.165, 1.54) is 23.5 Å². The molecule has 0 spiro atoms. The summed E-state index contributed by atoms with van der Waals surface area (Å²) in [6.45, 7) is 0. The minimum Gasteiger partial charge on any atom is -0.320 e. The summed E-state index contributed by atoms with van der Waals surface area (Å²) in [4.78, 5) is 12.4. The van der Waals surface area contributed by atoms with Crippen molar-refractivity contribution in [3.05, 3.63) is 49.3 Å². The Kier molecular flexibility index (Phi) is 3.96. The summed E-state index contributed by atoms with van der Waals surface area (Å²) in [5, 5.41) is 2.64. The van der Waals surface area contributed by atoms with E-state index in [9.17, 15) is 9.18 Å². The van der Waals surface area contributed by atoms with E-state index in [2.05, 4.69) is 37.2 Å². The fraction of sp³-hybridized carbons (Fsp3) is 0. The highest BCUT2D eigenvalue weighted by molar-refractivity contribution is 9.11. The van der Waals surface area contributed by atoms with Crippen molar-refractivity contribution in [3.63, 3.8) is 0 Å². The number of anilines is 1. The molecule has 0 aliphatic rings. The number of hydrogen-bond acceptors (Lipinski definition) is 2. The van der Waals surface area contributed by atoms with Crippen LogP contribution in [0.25, 0.3) is 0 Å². The molecule has 2 rings (SSSR count). The standard InChI is InChI=1S/C11H6Br2FNOS/c12-7-2-1-6(14)5-8(7)15-11(16)9-3-4-10(13)17-9/h1-5H,(H,15,16). The van der Waals surface area contributed by atoms with E-state index < -0.39 is 5.82 Å². The average Bonchev–Trinajstić information content (AvgIpc) is 2.70. The van der Waals surface area contributed by atoms with Gasteiger partial charge in [0.2, 0.25) is 0 Å². The van der Waals surface area contributed by atoms with Gasteiger partial charge in [0.1, 0.15) is 5.82 Å². The Morgan fingerprint density at radius 1 is 1.24 bits per heavy atom. The van der Waals surface area contributed by atoms with Gasteiger partial charge in [-0.2, -0.15) is 0 Å². The molecule has 17 heavy (non-hydrogen) atoms. The largest absolute Gasteiger partial charge is 0.320 e. The van der Waals surface area contributed by atoms with Crippen molar-refractivity contribution in [1.29, 1.82) is 0 Å². The number of halogens is 3. The number of carbonyl (C=O) groups excluding carboxylic acids is 1. The number of carbonyl (C=O) groups is 1. The Bertz CT molecular complexity index is 570. The molecule has 6 heteroatoms. The molecule has 0 aliphatic heterocycles. The third-order valence-corrected chi connectivity index (χ3v) is 4.29. The summed E-state index contributed by atoms with van der Waals surface area (Å²) in [6, 6.07) is 7.64. The summed E-state index contributed by atoms with van der Waals surface area (Å²) in [6.07, 6.45) is 0. The quantitative estimate of drug-likeness (QED) is 0.808. The van der Waals surface area contributed by atoms with Gasteiger partial charge in [0.25, 0.3) is 5.91 Å². The van der Waals surface area contributed by atoms with Crippen LogP contribution in [0.15, 0.2) is 38.6 Å². The van der Waals surface area contributed by atoms with Gasteiger partial charge in [-0.3, -0.25) is 4.79 Å². The lowest BCUT2D eigenvalue weighted by Gasteiger charge is -2.05.